The lowest BCUT2D eigenvalue weighted by atomic mass is 9.76. The van der Waals surface area contributed by atoms with Gasteiger partial charge < -0.3 is 5.32 Å². The third-order valence-corrected chi connectivity index (χ3v) is 5.33. The molecule has 1 aromatic heterocycles. The van der Waals surface area contributed by atoms with E-state index >= 15 is 0 Å². The molecule has 1 fully saturated rings. The first-order chi connectivity index (χ1) is 9.47. The first-order valence-electron chi connectivity index (χ1n) is 8.19. The quantitative estimate of drug-likeness (QED) is 0.857. The summed E-state index contributed by atoms with van der Waals surface area (Å²) in [6, 6.07) is 3.24. The summed E-state index contributed by atoms with van der Waals surface area (Å²) in [6.45, 7) is 9.29. The molecule has 0 spiro atoms. The van der Waals surface area contributed by atoms with Crippen molar-refractivity contribution in [3.05, 3.63) is 18.0 Å². The van der Waals surface area contributed by atoms with Crippen LogP contribution in [0.15, 0.2) is 12.3 Å². The number of hydrogen-bond acceptors (Lipinski definition) is 2. The molecule has 3 heteroatoms. The summed E-state index contributed by atoms with van der Waals surface area (Å²) in [5, 5.41) is 8.32. The van der Waals surface area contributed by atoms with Crippen molar-refractivity contribution >= 4 is 0 Å². The van der Waals surface area contributed by atoms with E-state index in [1.807, 2.05) is 0 Å². The van der Waals surface area contributed by atoms with Crippen LogP contribution in [-0.2, 0) is 6.42 Å². The first-order valence-corrected chi connectivity index (χ1v) is 8.19. The molecule has 1 heterocycles. The van der Waals surface area contributed by atoms with Crippen LogP contribution in [0.1, 0.15) is 65.1 Å². The Balaban J connectivity index is 2.05. The number of nitrogens with one attached hydrogen (secondary N) is 1. The molecule has 1 aromatic rings. The molecule has 1 N–H and O–H groups in total. The van der Waals surface area contributed by atoms with Gasteiger partial charge in [0.15, 0.2) is 0 Å². The van der Waals surface area contributed by atoms with Crippen molar-refractivity contribution in [3.8, 4) is 0 Å². The van der Waals surface area contributed by atoms with Crippen LogP contribution in [-0.4, -0.2) is 22.9 Å². The van der Waals surface area contributed by atoms with Crippen LogP contribution in [0, 0.1) is 11.3 Å². The maximum atomic E-state index is 4.76. The molecule has 0 aromatic carbocycles. The van der Waals surface area contributed by atoms with Gasteiger partial charge in [-0.25, -0.2) is 0 Å². The molecule has 114 valence electrons. The fourth-order valence-electron chi connectivity index (χ4n) is 3.69. The average Bonchev–Trinajstić information content (AvgIpc) is 3.01. The molecular formula is C17H31N3. The van der Waals surface area contributed by atoms with Crippen LogP contribution in [0.4, 0.5) is 0 Å². The number of rotatable bonds is 6. The standard InChI is InChI=1S/C17H31N3/c1-6-13(2)20-11-9-14(19-20)12-16(18-5)15-8-7-10-17(15,3)4/h9,11,13,15-16,18H,6-8,10,12H2,1-5H3. The Kier molecular flexibility index (Phi) is 4.90. The van der Waals surface area contributed by atoms with Gasteiger partial charge in [0.1, 0.15) is 0 Å². The molecule has 0 saturated heterocycles. The van der Waals surface area contributed by atoms with E-state index in [0.29, 0.717) is 17.5 Å². The highest BCUT2D eigenvalue weighted by Gasteiger charge is 2.39. The van der Waals surface area contributed by atoms with E-state index in [2.05, 4.69) is 57.0 Å². The first kappa shape index (κ1) is 15.6. The second-order valence-electron chi connectivity index (χ2n) is 7.13. The van der Waals surface area contributed by atoms with Crippen molar-refractivity contribution in [2.45, 2.75) is 71.9 Å². The molecule has 2 rings (SSSR count). The van der Waals surface area contributed by atoms with E-state index in [0.717, 1.165) is 18.8 Å². The van der Waals surface area contributed by atoms with Gasteiger partial charge in [-0.05, 0) is 50.6 Å². The average molecular weight is 277 g/mol. The van der Waals surface area contributed by atoms with Gasteiger partial charge in [-0.3, -0.25) is 4.68 Å². The zero-order valence-corrected chi connectivity index (χ0v) is 13.8. The normalized spacial score (nSPS) is 24.8. The van der Waals surface area contributed by atoms with Gasteiger partial charge in [-0.2, -0.15) is 5.10 Å². The lowest BCUT2D eigenvalue weighted by molar-refractivity contribution is 0.200. The lowest BCUT2D eigenvalue weighted by Gasteiger charge is -2.33. The molecule has 1 aliphatic rings. The minimum Gasteiger partial charge on any atom is -0.316 e. The molecule has 0 radical (unpaired) electrons. The second-order valence-corrected chi connectivity index (χ2v) is 7.13. The van der Waals surface area contributed by atoms with Crippen molar-refractivity contribution in [2.75, 3.05) is 7.05 Å². The van der Waals surface area contributed by atoms with Crippen LogP contribution in [0.3, 0.4) is 0 Å². The molecular weight excluding hydrogens is 246 g/mol. The van der Waals surface area contributed by atoms with Crippen molar-refractivity contribution in [1.82, 2.24) is 15.1 Å². The molecule has 3 nitrogen and oxygen atoms in total. The van der Waals surface area contributed by atoms with Gasteiger partial charge >= 0.3 is 0 Å². The molecule has 1 aliphatic carbocycles. The number of aromatic nitrogens is 2. The predicted octanol–water partition coefficient (Wildman–Crippen LogP) is 3.81. The topological polar surface area (TPSA) is 29.9 Å². The zero-order chi connectivity index (χ0) is 14.8. The van der Waals surface area contributed by atoms with Crippen molar-refractivity contribution in [2.24, 2.45) is 11.3 Å². The van der Waals surface area contributed by atoms with E-state index < -0.39 is 0 Å². The summed E-state index contributed by atoms with van der Waals surface area (Å²) >= 11 is 0. The highest BCUT2D eigenvalue weighted by molar-refractivity contribution is 5.05. The molecule has 0 aliphatic heterocycles. The molecule has 3 unspecified atom stereocenters. The number of hydrogen-bond donors (Lipinski definition) is 1. The molecule has 1 saturated carbocycles. The van der Waals surface area contributed by atoms with Crippen molar-refractivity contribution in [1.29, 1.82) is 0 Å². The largest absolute Gasteiger partial charge is 0.316 e. The summed E-state index contributed by atoms with van der Waals surface area (Å²) in [5.74, 6) is 0.765. The smallest absolute Gasteiger partial charge is 0.0640 e. The van der Waals surface area contributed by atoms with Gasteiger partial charge in [0.05, 0.1) is 5.69 Å². The van der Waals surface area contributed by atoms with Gasteiger partial charge in [0, 0.05) is 24.7 Å². The van der Waals surface area contributed by atoms with Crippen molar-refractivity contribution < 1.29 is 0 Å². The van der Waals surface area contributed by atoms with Crippen LogP contribution >= 0.6 is 0 Å². The summed E-state index contributed by atoms with van der Waals surface area (Å²) in [6.07, 6.45) is 8.40. The minimum absolute atomic E-state index is 0.465. The van der Waals surface area contributed by atoms with Gasteiger partial charge in [-0.15, -0.1) is 0 Å². The minimum atomic E-state index is 0.465. The number of nitrogens with zero attached hydrogens (tertiary/aromatic N) is 2. The monoisotopic (exact) mass is 277 g/mol. The van der Waals surface area contributed by atoms with Gasteiger partial charge in [0.25, 0.3) is 0 Å². The molecule has 20 heavy (non-hydrogen) atoms. The third-order valence-electron chi connectivity index (χ3n) is 5.33. The van der Waals surface area contributed by atoms with Crippen LogP contribution < -0.4 is 5.32 Å². The maximum absolute atomic E-state index is 4.76. The molecule has 3 atom stereocenters. The Morgan fingerprint density at radius 1 is 1.50 bits per heavy atom. The third kappa shape index (κ3) is 3.25. The summed E-state index contributed by atoms with van der Waals surface area (Å²) in [7, 11) is 2.10. The van der Waals surface area contributed by atoms with Gasteiger partial charge in [-0.1, -0.05) is 27.2 Å². The van der Waals surface area contributed by atoms with E-state index in [1.54, 1.807) is 0 Å². The summed E-state index contributed by atoms with van der Waals surface area (Å²) < 4.78 is 2.11. The van der Waals surface area contributed by atoms with Crippen LogP contribution in [0.25, 0.3) is 0 Å². The fraction of sp³-hybridized carbons (Fsp3) is 0.824. The van der Waals surface area contributed by atoms with Crippen LogP contribution in [0.2, 0.25) is 0 Å². The van der Waals surface area contributed by atoms with Crippen LogP contribution in [0.5, 0.6) is 0 Å². The summed E-state index contributed by atoms with van der Waals surface area (Å²) in [5.41, 5.74) is 1.69. The SMILES string of the molecule is CCC(C)n1ccc(CC(NC)C2CCCC2(C)C)n1. The van der Waals surface area contributed by atoms with E-state index in [4.69, 9.17) is 5.10 Å². The lowest BCUT2D eigenvalue weighted by Crippen LogP contribution is -2.40. The number of likely N-dealkylation sites (N-methyl/N-ethyl adjacent to an activating group) is 1. The summed E-state index contributed by atoms with van der Waals surface area (Å²) in [4.78, 5) is 0. The Hall–Kier alpha value is -0.830. The van der Waals surface area contributed by atoms with E-state index in [-0.39, 0.29) is 0 Å². The van der Waals surface area contributed by atoms with Crippen molar-refractivity contribution in [3.63, 3.8) is 0 Å². The maximum Gasteiger partial charge on any atom is 0.0640 e. The highest BCUT2D eigenvalue weighted by atomic mass is 15.3. The Labute approximate surface area is 124 Å². The van der Waals surface area contributed by atoms with E-state index in [1.165, 1.54) is 25.0 Å². The van der Waals surface area contributed by atoms with E-state index in [9.17, 15) is 0 Å². The Morgan fingerprint density at radius 3 is 2.80 bits per heavy atom. The Morgan fingerprint density at radius 2 is 2.25 bits per heavy atom. The van der Waals surface area contributed by atoms with Gasteiger partial charge in [0.2, 0.25) is 0 Å². The predicted molar refractivity (Wildman–Crippen MR) is 84.9 cm³/mol. The Bertz CT molecular complexity index is 422. The zero-order valence-electron chi connectivity index (χ0n) is 13.8. The fourth-order valence-corrected chi connectivity index (χ4v) is 3.69. The molecule has 0 amide bonds. The highest BCUT2D eigenvalue weighted by Crippen LogP contribution is 2.44. The second kappa shape index (κ2) is 6.30. The molecule has 0 bridgehead atoms.